The van der Waals surface area contributed by atoms with Gasteiger partial charge in [0.25, 0.3) is 0 Å². The quantitative estimate of drug-likeness (QED) is 0.638. The van der Waals surface area contributed by atoms with Crippen molar-refractivity contribution in [3.63, 3.8) is 0 Å². The zero-order valence-corrected chi connectivity index (χ0v) is 19.1. The minimum Gasteiger partial charge on any atom is -0.475 e. The average Bonchev–Trinajstić information content (AvgIpc) is 3.19. The zero-order valence-electron chi connectivity index (χ0n) is 17.5. The molecular formula is C19H29ClF3N3O3S. The van der Waals surface area contributed by atoms with E-state index in [1.165, 1.54) is 6.07 Å². The monoisotopic (exact) mass is 471 g/mol. The average molecular weight is 472 g/mol. The molecule has 172 valence electrons. The molecule has 2 atom stereocenters. The SMILES string of the molecule is C[C@@H](NC(=O)[C@@H]1CCN(CC(=O)NC(C)(C)C)C1)c1ccc(OCC(F)(F)F)s1.Cl. The van der Waals surface area contributed by atoms with Crippen LogP contribution in [0.4, 0.5) is 13.2 Å². The Labute approximate surface area is 184 Å². The predicted octanol–water partition coefficient (Wildman–Crippen LogP) is 3.52. The van der Waals surface area contributed by atoms with Crippen molar-refractivity contribution in [3.05, 3.63) is 17.0 Å². The molecule has 1 aromatic rings. The maximum Gasteiger partial charge on any atom is 0.422 e. The van der Waals surface area contributed by atoms with Crippen LogP contribution in [0.25, 0.3) is 0 Å². The number of carbonyl (C=O) groups is 2. The van der Waals surface area contributed by atoms with Gasteiger partial charge in [-0.2, -0.15) is 13.2 Å². The molecule has 0 saturated carbocycles. The number of thiophene rings is 1. The highest BCUT2D eigenvalue weighted by atomic mass is 35.5. The molecule has 1 aliphatic rings. The number of hydrogen-bond donors (Lipinski definition) is 2. The third-order valence-electron chi connectivity index (χ3n) is 4.29. The third kappa shape index (κ3) is 9.09. The lowest BCUT2D eigenvalue weighted by molar-refractivity contribution is -0.152. The van der Waals surface area contributed by atoms with Crippen molar-refractivity contribution in [3.8, 4) is 5.06 Å². The van der Waals surface area contributed by atoms with Crippen LogP contribution in [0.2, 0.25) is 0 Å². The van der Waals surface area contributed by atoms with Crippen LogP contribution in [0.5, 0.6) is 5.06 Å². The van der Waals surface area contributed by atoms with E-state index in [4.69, 9.17) is 4.74 Å². The van der Waals surface area contributed by atoms with Crippen LogP contribution in [0.3, 0.4) is 0 Å². The summed E-state index contributed by atoms with van der Waals surface area (Å²) in [7, 11) is 0. The Bertz CT molecular complexity index is 722. The molecule has 0 aliphatic carbocycles. The Balaban J connectivity index is 0.00000450. The van der Waals surface area contributed by atoms with Crippen molar-refractivity contribution >= 4 is 35.6 Å². The van der Waals surface area contributed by atoms with Gasteiger partial charge >= 0.3 is 6.18 Å². The molecule has 0 spiro atoms. The summed E-state index contributed by atoms with van der Waals surface area (Å²) in [6.45, 7) is 7.60. The van der Waals surface area contributed by atoms with Gasteiger partial charge < -0.3 is 15.4 Å². The molecule has 1 saturated heterocycles. The highest BCUT2D eigenvalue weighted by Gasteiger charge is 2.31. The van der Waals surface area contributed by atoms with Gasteiger partial charge in [0.15, 0.2) is 11.7 Å². The van der Waals surface area contributed by atoms with E-state index in [0.717, 1.165) is 16.2 Å². The van der Waals surface area contributed by atoms with Crippen LogP contribution in [-0.2, 0) is 9.59 Å². The number of nitrogens with one attached hydrogen (secondary N) is 2. The third-order valence-corrected chi connectivity index (χ3v) is 5.47. The van der Waals surface area contributed by atoms with E-state index in [2.05, 4.69) is 10.6 Å². The lowest BCUT2D eigenvalue weighted by Gasteiger charge is -2.23. The van der Waals surface area contributed by atoms with Gasteiger partial charge in [-0.05, 0) is 52.8 Å². The molecule has 0 unspecified atom stereocenters. The second-order valence-corrected chi connectivity index (χ2v) is 9.39. The molecule has 0 aromatic carbocycles. The molecular weight excluding hydrogens is 443 g/mol. The zero-order chi connectivity index (χ0) is 21.8. The second kappa shape index (κ2) is 10.7. The Morgan fingerprint density at radius 3 is 2.57 bits per heavy atom. The van der Waals surface area contributed by atoms with E-state index in [1.54, 1.807) is 13.0 Å². The number of halogens is 4. The summed E-state index contributed by atoms with van der Waals surface area (Å²) in [6.07, 6.45) is -3.73. The summed E-state index contributed by atoms with van der Waals surface area (Å²) in [5.74, 6) is -0.417. The number of likely N-dealkylation sites (tertiary alicyclic amines) is 1. The predicted molar refractivity (Wildman–Crippen MR) is 112 cm³/mol. The molecule has 2 heterocycles. The summed E-state index contributed by atoms with van der Waals surface area (Å²) in [5, 5.41) is 5.97. The van der Waals surface area contributed by atoms with Crippen molar-refractivity contribution < 1.29 is 27.5 Å². The Hall–Kier alpha value is -1.52. The van der Waals surface area contributed by atoms with Crippen LogP contribution < -0.4 is 15.4 Å². The minimum absolute atomic E-state index is 0. The van der Waals surface area contributed by atoms with E-state index in [0.29, 0.717) is 19.5 Å². The lowest BCUT2D eigenvalue weighted by atomic mass is 10.1. The fourth-order valence-electron chi connectivity index (χ4n) is 3.05. The van der Waals surface area contributed by atoms with Crippen LogP contribution in [0.15, 0.2) is 12.1 Å². The topological polar surface area (TPSA) is 70.7 Å². The first kappa shape index (κ1) is 26.5. The van der Waals surface area contributed by atoms with Gasteiger partial charge in [-0.1, -0.05) is 0 Å². The fraction of sp³-hybridized carbons (Fsp3) is 0.684. The van der Waals surface area contributed by atoms with Crippen LogP contribution in [0, 0.1) is 5.92 Å². The maximum atomic E-state index is 12.5. The first-order valence-corrected chi connectivity index (χ1v) is 10.3. The highest BCUT2D eigenvalue weighted by molar-refractivity contribution is 7.13. The smallest absolute Gasteiger partial charge is 0.422 e. The normalized spacial score (nSPS) is 18.4. The number of nitrogens with zero attached hydrogens (tertiary/aromatic N) is 1. The van der Waals surface area contributed by atoms with Crippen LogP contribution in [0.1, 0.15) is 45.0 Å². The number of rotatable bonds is 7. The van der Waals surface area contributed by atoms with E-state index in [9.17, 15) is 22.8 Å². The molecule has 0 bridgehead atoms. The molecule has 1 aromatic heterocycles. The summed E-state index contributed by atoms with van der Waals surface area (Å²) < 4.78 is 41.4. The molecule has 6 nitrogen and oxygen atoms in total. The van der Waals surface area contributed by atoms with E-state index >= 15 is 0 Å². The lowest BCUT2D eigenvalue weighted by Crippen LogP contribution is -2.45. The standard InChI is InChI=1S/C19H28F3N3O3S.ClH/c1-12(14-5-6-16(29-14)28-11-19(20,21)22)23-17(27)13-7-8-25(9-13)10-15(26)24-18(2,3)4;/h5-6,12-13H,7-11H2,1-4H3,(H,23,27)(H,24,26);1H/t12-,13-;/m1./s1. The molecule has 2 N–H and O–H groups in total. The summed E-state index contributed by atoms with van der Waals surface area (Å²) in [4.78, 5) is 27.2. The molecule has 1 fully saturated rings. The Kier molecular flexibility index (Phi) is 9.44. The number of ether oxygens (including phenoxy) is 1. The van der Waals surface area contributed by atoms with E-state index in [1.807, 2.05) is 25.7 Å². The molecule has 2 rings (SSSR count). The first-order chi connectivity index (χ1) is 13.3. The highest BCUT2D eigenvalue weighted by Crippen LogP contribution is 2.31. The number of carbonyl (C=O) groups excluding carboxylic acids is 2. The van der Waals surface area contributed by atoms with Gasteiger partial charge in [-0.25, -0.2) is 0 Å². The number of amides is 2. The molecule has 11 heteroatoms. The van der Waals surface area contributed by atoms with Gasteiger partial charge in [0.2, 0.25) is 11.8 Å². The van der Waals surface area contributed by atoms with E-state index < -0.39 is 12.8 Å². The second-order valence-electron chi connectivity index (χ2n) is 8.31. The molecule has 30 heavy (non-hydrogen) atoms. The summed E-state index contributed by atoms with van der Waals surface area (Å²) in [6, 6.07) is 2.78. The van der Waals surface area contributed by atoms with E-state index in [-0.39, 0.29) is 53.3 Å². The molecule has 1 aliphatic heterocycles. The number of hydrogen-bond acceptors (Lipinski definition) is 5. The van der Waals surface area contributed by atoms with Crippen LogP contribution >= 0.6 is 23.7 Å². The largest absolute Gasteiger partial charge is 0.475 e. The Morgan fingerprint density at radius 2 is 1.97 bits per heavy atom. The summed E-state index contributed by atoms with van der Waals surface area (Å²) >= 11 is 1.08. The fourth-order valence-corrected chi connectivity index (χ4v) is 3.91. The van der Waals surface area contributed by atoms with Crippen molar-refractivity contribution in [2.24, 2.45) is 5.92 Å². The van der Waals surface area contributed by atoms with Crippen LogP contribution in [-0.4, -0.2) is 54.7 Å². The summed E-state index contributed by atoms with van der Waals surface area (Å²) in [5.41, 5.74) is -0.299. The van der Waals surface area contributed by atoms with Crippen molar-refractivity contribution in [2.75, 3.05) is 26.2 Å². The van der Waals surface area contributed by atoms with Gasteiger partial charge in [0.05, 0.1) is 18.5 Å². The first-order valence-electron chi connectivity index (χ1n) is 9.45. The number of alkyl halides is 3. The van der Waals surface area contributed by atoms with Crippen molar-refractivity contribution in [1.29, 1.82) is 0 Å². The molecule has 2 amide bonds. The van der Waals surface area contributed by atoms with Gasteiger partial charge in [0, 0.05) is 17.0 Å². The maximum absolute atomic E-state index is 12.5. The van der Waals surface area contributed by atoms with Crippen molar-refractivity contribution in [2.45, 2.75) is 51.9 Å². The molecule has 0 radical (unpaired) electrons. The van der Waals surface area contributed by atoms with Gasteiger partial charge in [-0.3, -0.25) is 14.5 Å². The van der Waals surface area contributed by atoms with Gasteiger partial charge in [-0.15, -0.1) is 23.7 Å². The Morgan fingerprint density at radius 1 is 1.30 bits per heavy atom. The van der Waals surface area contributed by atoms with Gasteiger partial charge in [0.1, 0.15) is 0 Å². The minimum atomic E-state index is -4.39. The van der Waals surface area contributed by atoms with Crippen molar-refractivity contribution in [1.82, 2.24) is 15.5 Å².